The van der Waals surface area contributed by atoms with Crippen LogP contribution in [0.4, 0.5) is 5.13 Å². The third-order valence-corrected chi connectivity index (χ3v) is 4.43. The monoisotopic (exact) mass is 243 g/mol. The molecule has 2 aromatic rings. The molecule has 0 amide bonds. The van der Waals surface area contributed by atoms with Crippen molar-refractivity contribution in [1.29, 1.82) is 0 Å². The molecule has 0 radical (unpaired) electrons. The van der Waals surface area contributed by atoms with Crippen LogP contribution in [0.2, 0.25) is 0 Å². The Morgan fingerprint density at radius 1 is 1.50 bits per heavy atom. The molecule has 0 spiro atoms. The number of aromatic nitrogens is 2. The Bertz CT molecular complexity index is 382. The minimum atomic E-state index is 0.895. The number of nitrogens with one attached hydrogen (secondary N) is 1. The third kappa shape index (κ3) is 2.46. The number of hydrogen-bond acceptors (Lipinski definition) is 6. The first-order valence-corrected chi connectivity index (χ1v) is 6.77. The summed E-state index contributed by atoms with van der Waals surface area (Å²) >= 11 is 5.03. The predicted octanol–water partition coefficient (Wildman–Crippen LogP) is 2.93. The summed E-state index contributed by atoms with van der Waals surface area (Å²) in [5.41, 5.74) is 1.11. The molecule has 14 heavy (non-hydrogen) atoms. The molecular formula is C8H9N3S3. The van der Waals surface area contributed by atoms with Crippen molar-refractivity contribution in [1.82, 2.24) is 9.97 Å². The lowest BCUT2D eigenvalue weighted by Gasteiger charge is -1.92. The molecule has 0 aliphatic heterocycles. The second-order valence-corrected chi connectivity index (χ2v) is 5.46. The van der Waals surface area contributed by atoms with Crippen LogP contribution in [-0.2, 0) is 5.75 Å². The van der Waals surface area contributed by atoms with Crippen LogP contribution in [0.15, 0.2) is 21.3 Å². The molecule has 2 aromatic heterocycles. The Labute approximate surface area is 94.6 Å². The zero-order valence-corrected chi connectivity index (χ0v) is 10.0. The highest BCUT2D eigenvalue weighted by atomic mass is 32.2. The number of thiazole rings is 2. The average molecular weight is 243 g/mol. The molecule has 3 nitrogen and oxygen atoms in total. The van der Waals surface area contributed by atoms with E-state index in [9.17, 15) is 0 Å². The van der Waals surface area contributed by atoms with E-state index in [1.807, 2.05) is 18.6 Å². The molecule has 6 heteroatoms. The fourth-order valence-electron chi connectivity index (χ4n) is 0.905. The highest BCUT2D eigenvalue weighted by molar-refractivity contribution is 8.00. The second-order valence-electron chi connectivity index (χ2n) is 2.48. The summed E-state index contributed by atoms with van der Waals surface area (Å²) in [7, 11) is 1.89. The quantitative estimate of drug-likeness (QED) is 0.838. The molecule has 74 valence electrons. The van der Waals surface area contributed by atoms with Crippen molar-refractivity contribution >= 4 is 39.6 Å². The first-order valence-electron chi connectivity index (χ1n) is 4.03. The maximum atomic E-state index is 4.39. The standard InChI is InChI=1S/C8H9N3S3/c1-9-7-11-6(4-13-7)5-14-8-10-2-3-12-8/h2-4H,5H2,1H3,(H,9,11). The summed E-state index contributed by atoms with van der Waals surface area (Å²) in [4.78, 5) is 8.59. The van der Waals surface area contributed by atoms with Crippen LogP contribution in [0.25, 0.3) is 0 Å². The molecular weight excluding hydrogens is 234 g/mol. The number of rotatable bonds is 4. The van der Waals surface area contributed by atoms with Gasteiger partial charge in [0.25, 0.3) is 0 Å². The van der Waals surface area contributed by atoms with Gasteiger partial charge in [-0.3, -0.25) is 0 Å². The Balaban J connectivity index is 1.92. The Morgan fingerprint density at radius 2 is 2.43 bits per heavy atom. The van der Waals surface area contributed by atoms with Crippen molar-refractivity contribution in [2.45, 2.75) is 10.1 Å². The summed E-state index contributed by atoms with van der Waals surface area (Å²) in [6.07, 6.45) is 1.83. The maximum absolute atomic E-state index is 4.39. The molecule has 0 unspecified atom stereocenters. The van der Waals surface area contributed by atoms with E-state index in [1.165, 1.54) is 0 Å². The fourth-order valence-corrected chi connectivity index (χ4v) is 3.21. The van der Waals surface area contributed by atoms with Crippen molar-refractivity contribution in [2.75, 3.05) is 12.4 Å². The smallest absolute Gasteiger partial charge is 0.182 e. The molecule has 0 aliphatic rings. The molecule has 0 saturated carbocycles. The van der Waals surface area contributed by atoms with E-state index >= 15 is 0 Å². The van der Waals surface area contributed by atoms with Gasteiger partial charge in [0.1, 0.15) is 4.34 Å². The number of nitrogens with zero attached hydrogens (tertiary/aromatic N) is 2. The van der Waals surface area contributed by atoms with E-state index in [1.54, 1.807) is 34.4 Å². The van der Waals surface area contributed by atoms with E-state index in [4.69, 9.17) is 0 Å². The van der Waals surface area contributed by atoms with Crippen LogP contribution >= 0.6 is 34.4 Å². The van der Waals surface area contributed by atoms with Crippen LogP contribution in [0.5, 0.6) is 0 Å². The van der Waals surface area contributed by atoms with Gasteiger partial charge >= 0.3 is 0 Å². The summed E-state index contributed by atoms with van der Waals surface area (Å²) in [6.45, 7) is 0. The Morgan fingerprint density at radius 3 is 3.07 bits per heavy atom. The van der Waals surface area contributed by atoms with Crippen LogP contribution in [0.3, 0.4) is 0 Å². The van der Waals surface area contributed by atoms with Crippen molar-refractivity contribution in [3.8, 4) is 0 Å². The van der Waals surface area contributed by atoms with Crippen LogP contribution in [0.1, 0.15) is 5.69 Å². The first kappa shape index (κ1) is 9.95. The minimum absolute atomic E-state index is 0.895. The molecule has 1 N–H and O–H groups in total. The van der Waals surface area contributed by atoms with Gasteiger partial charge in [0, 0.05) is 29.8 Å². The van der Waals surface area contributed by atoms with Gasteiger partial charge in [0.05, 0.1) is 5.69 Å². The number of hydrogen-bond donors (Lipinski definition) is 1. The average Bonchev–Trinajstić information content (AvgIpc) is 2.86. The SMILES string of the molecule is CNc1nc(CSc2nccs2)cs1. The second kappa shape index (κ2) is 4.77. The summed E-state index contributed by atoms with van der Waals surface area (Å²) in [6, 6.07) is 0. The molecule has 0 bridgehead atoms. The van der Waals surface area contributed by atoms with Gasteiger partial charge in [0.2, 0.25) is 0 Å². The molecule has 0 saturated heterocycles. The molecule has 2 rings (SSSR count). The van der Waals surface area contributed by atoms with Gasteiger partial charge in [-0.2, -0.15) is 0 Å². The van der Waals surface area contributed by atoms with Crippen molar-refractivity contribution < 1.29 is 0 Å². The summed E-state index contributed by atoms with van der Waals surface area (Å²) in [5, 5.41) is 8.06. The van der Waals surface area contributed by atoms with Gasteiger partial charge in [0.15, 0.2) is 5.13 Å². The summed E-state index contributed by atoms with van der Waals surface area (Å²) < 4.78 is 1.10. The van der Waals surface area contributed by atoms with Crippen molar-refractivity contribution in [2.24, 2.45) is 0 Å². The maximum Gasteiger partial charge on any atom is 0.182 e. The predicted molar refractivity (Wildman–Crippen MR) is 63.3 cm³/mol. The van der Waals surface area contributed by atoms with Gasteiger partial charge in [-0.05, 0) is 0 Å². The summed E-state index contributed by atoms with van der Waals surface area (Å²) in [5.74, 6) is 0.895. The van der Waals surface area contributed by atoms with E-state index in [0.717, 1.165) is 20.9 Å². The highest BCUT2D eigenvalue weighted by Gasteiger charge is 2.02. The number of anilines is 1. The van der Waals surface area contributed by atoms with Gasteiger partial charge in [-0.1, -0.05) is 11.8 Å². The molecule has 0 aromatic carbocycles. The van der Waals surface area contributed by atoms with Crippen molar-refractivity contribution in [3.63, 3.8) is 0 Å². The Kier molecular flexibility index (Phi) is 3.39. The third-order valence-electron chi connectivity index (χ3n) is 1.52. The van der Waals surface area contributed by atoms with Crippen LogP contribution < -0.4 is 5.32 Å². The van der Waals surface area contributed by atoms with E-state index in [2.05, 4.69) is 20.7 Å². The zero-order valence-electron chi connectivity index (χ0n) is 7.56. The van der Waals surface area contributed by atoms with E-state index in [-0.39, 0.29) is 0 Å². The first-order chi connectivity index (χ1) is 6.88. The lowest BCUT2D eigenvalue weighted by Crippen LogP contribution is -1.87. The van der Waals surface area contributed by atoms with Crippen molar-refractivity contribution in [3.05, 3.63) is 22.7 Å². The normalized spacial score (nSPS) is 10.4. The van der Waals surface area contributed by atoms with E-state index < -0.39 is 0 Å². The largest absolute Gasteiger partial charge is 0.365 e. The molecule has 0 fully saturated rings. The molecule has 0 atom stereocenters. The fraction of sp³-hybridized carbons (Fsp3) is 0.250. The Hall–Kier alpha value is -0.590. The lowest BCUT2D eigenvalue weighted by atomic mass is 10.6. The van der Waals surface area contributed by atoms with Gasteiger partial charge in [-0.15, -0.1) is 22.7 Å². The number of thioether (sulfide) groups is 1. The van der Waals surface area contributed by atoms with E-state index in [0.29, 0.717) is 0 Å². The van der Waals surface area contributed by atoms with Gasteiger partial charge in [-0.25, -0.2) is 9.97 Å². The van der Waals surface area contributed by atoms with Crippen LogP contribution in [0, 0.1) is 0 Å². The molecule has 0 aliphatic carbocycles. The zero-order chi connectivity index (χ0) is 9.80. The minimum Gasteiger partial charge on any atom is -0.365 e. The van der Waals surface area contributed by atoms with Crippen LogP contribution in [-0.4, -0.2) is 17.0 Å². The lowest BCUT2D eigenvalue weighted by molar-refractivity contribution is 1.20. The van der Waals surface area contributed by atoms with Gasteiger partial charge < -0.3 is 5.32 Å². The molecule has 2 heterocycles. The topological polar surface area (TPSA) is 37.8 Å². The highest BCUT2D eigenvalue weighted by Crippen LogP contribution is 2.25.